The molecule has 174 valence electrons. The van der Waals surface area contributed by atoms with Crippen LogP contribution in [0.25, 0.3) is 5.82 Å². The first-order valence-corrected chi connectivity index (χ1v) is 9.53. The summed E-state index contributed by atoms with van der Waals surface area (Å²) in [6.07, 6.45) is -5.93. The first-order valence-electron chi connectivity index (χ1n) is 9.53. The zero-order valence-corrected chi connectivity index (χ0v) is 16.7. The minimum absolute atomic E-state index is 0.00344. The van der Waals surface area contributed by atoms with Gasteiger partial charge >= 0.3 is 12.4 Å². The lowest BCUT2D eigenvalue weighted by atomic mass is 10.0. The Balaban J connectivity index is 1.51. The molecular weight excluding hydrogens is 456 g/mol. The molecule has 1 fully saturated rings. The Morgan fingerprint density at radius 2 is 1.39 bits per heavy atom. The number of rotatable bonds is 3. The van der Waals surface area contributed by atoms with Gasteiger partial charge in [0.05, 0.1) is 11.1 Å². The number of piperazine rings is 1. The molecule has 0 spiro atoms. The van der Waals surface area contributed by atoms with E-state index in [1.165, 1.54) is 28.6 Å². The fourth-order valence-corrected chi connectivity index (χ4v) is 3.36. The number of amides is 1. The summed E-state index contributed by atoms with van der Waals surface area (Å²) in [5.41, 5.74) is -3.72. The number of carbonyl (C=O) groups excluding carboxylic acids is 1. The van der Waals surface area contributed by atoms with Crippen LogP contribution in [0, 0.1) is 0 Å². The summed E-state index contributed by atoms with van der Waals surface area (Å²) < 4.78 is 80.0. The molecule has 1 saturated heterocycles. The van der Waals surface area contributed by atoms with Crippen LogP contribution in [0.3, 0.4) is 0 Å². The van der Waals surface area contributed by atoms with Crippen LogP contribution < -0.4 is 4.90 Å². The third-order valence-electron chi connectivity index (χ3n) is 5.02. The summed E-state index contributed by atoms with van der Waals surface area (Å²) in [6, 6.07) is 2.53. The Morgan fingerprint density at radius 1 is 0.788 bits per heavy atom. The molecule has 0 saturated carbocycles. The van der Waals surface area contributed by atoms with Crippen molar-refractivity contribution >= 4 is 11.7 Å². The van der Waals surface area contributed by atoms with Gasteiger partial charge in [0.15, 0.2) is 5.82 Å². The van der Waals surface area contributed by atoms with Crippen LogP contribution >= 0.6 is 0 Å². The molecule has 1 aliphatic rings. The Bertz CT molecular complexity index is 1110. The van der Waals surface area contributed by atoms with Crippen LogP contribution in [0.4, 0.5) is 32.2 Å². The van der Waals surface area contributed by atoms with Crippen molar-refractivity contribution < 1.29 is 31.1 Å². The zero-order valence-electron chi connectivity index (χ0n) is 16.7. The maximum atomic E-state index is 13.1. The number of aromatic nitrogens is 5. The molecule has 1 amide bonds. The summed E-state index contributed by atoms with van der Waals surface area (Å²) >= 11 is 0. The van der Waals surface area contributed by atoms with Crippen LogP contribution in [0.5, 0.6) is 0 Å². The fraction of sp³-hybridized carbons (Fsp3) is 0.316. The van der Waals surface area contributed by atoms with Crippen molar-refractivity contribution in [1.29, 1.82) is 0 Å². The molecule has 8 nitrogen and oxygen atoms in total. The Kier molecular flexibility index (Phi) is 5.68. The first-order chi connectivity index (χ1) is 15.5. The van der Waals surface area contributed by atoms with E-state index in [0.29, 0.717) is 23.8 Å². The van der Waals surface area contributed by atoms with E-state index in [-0.39, 0.29) is 32.2 Å². The quantitative estimate of drug-likeness (QED) is 0.547. The van der Waals surface area contributed by atoms with Gasteiger partial charge in [-0.15, -0.1) is 0 Å². The lowest BCUT2D eigenvalue weighted by Gasteiger charge is -2.35. The number of anilines is 1. The van der Waals surface area contributed by atoms with Crippen molar-refractivity contribution in [2.75, 3.05) is 31.1 Å². The summed E-state index contributed by atoms with van der Waals surface area (Å²) in [6.45, 7) is 0.702. The van der Waals surface area contributed by atoms with E-state index in [4.69, 9.17) is 0 Å². The number of alkyl halides is 6. The van der Waals surface area contributed by atoms with Gasteiger partial charge in [-0.3, -0.25) is 4.79 Å². The van der Waals surface area contributed by atoms with Crippen LogP contribution in [0.15, 0.2) is 43.2 Å². The lowest BCUT2D eigenvalue weighted by molar-refractivity contribution is -0.143. The number of carbonyl (C=O) groups is 1. The maximum absolute atomic E-state index is 13.1. The zero-order chi connectivity index (χ0) is 23.8. The maximum Gasteiger partial charge on any atom is 0.416 e. The van der Waals surface area contributed by atoms with Crippen LogP contribution in [-0.2, 0) is 12.4 Å². The second-order valence-corrected chi connectivity index (χ2v) is 7.15. The molecule has 4 rings (SSSR count). The number of nitrogens with zero attached hydrogens (tertiary/aromatic N) is 7. The minimum Gasteiger partial charge on any atom is -0.353 e. The molecule has 33 heavy (non-hydrogen) atoms. The van der Waals surface area contributed by atoms with Gasteiger partial charge in [0.2, 0.25) is 0 Å². The predicted molar refractivity (Wildman–Crippen MR) is 102 cm³/mol. The van der Waals surface area contributed by atoms with E-state index in [2.05, 4.69) is 20.1 Å². The molecule has 0 aliphatic carbocycles. The lowest BCUT2D eigenvalue weighted by Crippen LogP contribution is -2.49. The average Bonchev–Trinajstić information content (AvgIpc) is 3.32. The van der Waals surface area contributed by atoms with Gasteiger partial charge < -0.3 is 9.80 Å². The molecule has 0 unspecified atom stereocenters. The van der Waals surface area contributed by atoms with E-state index in [9.17, 15) is 31.1 Å². The molecule has 3 aromatic rings. The predicted octanol–water partition coefficient (Wildman–Crippen LogP) is 3.06. The van der Waals surface area contributed by atoms with E-state index in [1.54, 1.807) is 6.07 Å². The second kappa shape index (κ2) is 8.33. The van der Waals surface area contributed by atoms with E-state index < -0.39 is 35.0 Å². The van der Waals surface area contributed by atoms with E-state index in [1.807, 2.05) is 4.90 Å². The van der Waals surface area contributed by atoms with Gasteiger partial charge in [-0.2, -0.15) is 31.4 Å². The van der Waals surface area contributed by atoms with Gasteiger partial charge in [-0.1, -0.05) is 0 Å². The van der Waals surface area contributed by atoms with Crippen molar-refractivity contribution in [3.63, 3.8) is 0 Å². The summed E-state index contributed by atoms with van der Waals surface area (Å²) in [7, 11) is 0. The summed E-state index contributed by atoms with van der Waals surface area (Å²) in [4.78, 5) is 27.9. The third-order valence-corrected chi connectivity index (χ3v) is 5.02. The largest absolute Gasteiger partial charge is 0.416 e. The minimum atomic E-state index is -5.02. The Hall–Kier alpha value is -3.71. The molecule has 2 aromatic heterocycles. The third kappa shape index (κ3) is 4.88. The Morgan fingerprint density at radius 3 is 1.94 bits per heavy atom. The molecule has 0 bridgehead atoms. The monoisotopic (exact) mass is 471 g/mol. The Labute approximate surface area is 182 Å². The standard InChI is InChI=1S/C19H15F6N7O/c20-18(21,22)13-5-12(6-14(7-13)19(23,24)25)17(33)31-3-1-30(2-4-31)15-8-16(28-10-27-15)32-11-26-9-29-32/h5-11H,1-4H2. The van der Waals surface area contributed by atoms with Crippen molar-refractivity contribution in [3.05, 3.63) is 59.9 Å². The summed E-state index contributed by atoms with van der Waals surface area (Å²) in [5.74, 6) is 0.0814. The molecule has 0 atom stereocenters. The number of hydrogen-bond acceptors (Lipinski definition) is 6. The number of benzene rings is 1. The topological polar surface area (TPSA) is 80.0 Å². The summed E-state index contributed by atoms with van der Waals surface area (Å²) in [5, 5.41) is 3.97. The van der Waals surface area contributed by atoms with E-state index in [0.717, 1.165) is 0 Å². The van der Waals surface area contributed by atoms with Gasteiger partial charge in [-0.25, -0.2) is 19.6 Å². The highest BCUT2D eigenvalue weighted by atomic mass is 19.4. The first kappa shape index (κ1) is 22.5. The molecule has 0 N–H and O–H groups in total. The fourth-order valence-electron chi connectivity index (χ4n) is 3.36. The van der Waals surface area contributed by atoms with Crippen LogP contribution in [0.2, 0.25) is 0 Å². The highest BCUT2D eigenvalue weighted by molar-refractivity contribution is 5.95. The molecule has 14 heteroatoms. The highest BCUT2D eigenvalue weighted by Crippen LogP contribution is 2.36. The van der Waals surface area contributed by atoms with Crippen molar-refractivity contribution in [2.45, 2.75) is 12.4 Å². The van der Waals surface area contributed by atoms with Crippen molar-refractivity contribution in [3.8, 4) is 5.82 Å². The molecule has 1 aromatic carbocycles. The van der Waals surface area contributed by atoms with E-state index >= 15 is 0 Å². The number of halogens is 6. The van der Waals surface area contributed by atoms with Gasteiger partial charge in [0.1, 0.15) is 24.8 Å². The van der Waals surface area contributed by atoms with Gasteiger partial charge in [0, 0.05) is 37.8 Å². The van der Waals surface area contributed by atoms with Gasteiger partial charge in [0.25, 0.3) is 5.91 Å². The van der Waals surface area contributed by atoms with Crippen molar-refractivity contribution in [2.24, 2.45) is 0 Å². The second-order valence-electron chi connectivity index (χ2n) is 7.15. The smallest absolute Gasteiger partial charge is 0.353 e. The van der Waals surface area contributed by atoms with Crippen molar-refractivity contribution in [1.82, 2.24) is 29.6 Å². The SMILES string of the molecule is O=C(c1cc(C(F)(F)F)cc(C(F)(F)F)c1)N1CCN(c2cc(-n3cncn3)ncn2)CC1. The van der Waals surface area contributed by atoms with Crippen LogP contribution in [-0.4, -0.2) is 61.7 Å². The molecule has 0 radical (unpaired) electrons. The number of hydrogen-bond donors (Lipinski definition) is 0. The van der Waals surface area contributed by atoms with Crippen LogP contribution in [0.1, 0.15) is 21.5 Å². The highest BCUT2D eigenvalue weighted by Gasteiger charge is 2.38. The molecule has 1 aliphatic heterocycles. The normalized spacial score (nSPS) is 15.1. The molecule has 3 heterocycles. The molecular formula is C19H15F6N7O. The average molecular weight is 471 g/mol. The van der Waals surface area contributed by atoms with Gasteiger partial charge in [-0.05, 0) is 18.2 Å².